The number of para-hydroxylation sites is 2. The van der Waals surface area contributed by atoms with Crippen molar-refractivity contribution >= 4 is 22.6 Å². The molecule has 1 aromatic heterocycles. The number of anilines is 1. The fourth-order valence-corrected chi connectivity index (χ4v) is 3.14. The van der Waals surface area contributed by atoms with E-state index >= 15 is 0 Å². The number of hydrogen-bond donors (Lipinski definition) is 2. The van der Waals surface area contributed by atoms with Gasteiger partial charge in [-0.15, -0.1) is 0 Å². The number of carbonyl (C=O) groups excluding carboxylic acids is 1. The lowest BCUT2D eigenvalue weighted by molar-refractivity contribution is -0.116. The van der Waals surface area contributed by atoms with Crippen molar-refractivity contribution < 1.29 is 9.90 Å². The molecule has 4 rings (SSSR count). The molecule has 0 atom stereocenters. The first-order chi connectivity index (χ1) is 12.2. The van der Waals surface area contributed by atoms with E-state index in [1.165, 1.54) is 0 Å². The summed E-state index contributed by atoms with van der Waals surface area (Å²) in [6.45, 7) is 0.397. The zero-order chi connectivity index (χ0) is 17.2. The van der Waals surface area contributed by atoms with Crippen molar-refractivity contribution in [1.82, 2.24) is 9.55 Å². The first-order valence-electron chi connectivity index (χ1n) is 8.69. The number of nitrogens with one attached hydrogen (secondary N) is 1. The van der Waals surface area contributed by atoms with E-state index in [1.807, 2.05) is 53.1 Å². The molecular weight excluding hydrogens is 314 g/mol. The molecule has 128 valence electrons. The number of benzene rings is 2. The Hall–Kier alpha value is -2.66. The zero-order valence-corrected chi connectivity index (χ0v) is 14.0. The number of aliphatic hydroxyl groups excluding tert-OH is 1. The number of amides is 1. The molecule has 3 aromatic rings. The van der Waals surface area contributed by atoms with Gasteiger partial charge in [0.1, 0.15) is 12.4 Å². The number of hydrogen-bond acceptors (Lipinski definition) is 3. The highest BCUT2D eigenvalue weighted by atomic mass is 16.3. The maximum absolute atomic E-state index is 12.5. The van der Waals surface area contributed by atoms with E-state index in [0.717, 1.165) is 41.0 Å². The van der Waals surface area contributed by atoms with Gasteiger partial charge >= 0.3 is 0 Å². The minimum atomic E-state index is -0.0556. The lowest BCUT2D eigenvalue weighted by atomic mass is 10.1. The average molecular weight is 335 g/mol. The van der Waals surface area contributed by atoms with Crippen LogP contribution in [0.25, 0.3) is 11.0 Å². The van der Waals surface area contributed by atoms with Gasteiger partial charge in [-0.1, -0.05) is 24.3 Å². The van der Waals surface area contributed by atoms with E-state index in [1.54, 1.807) is 0 Å². The molecule has 1 aliphatic rings. The van der Waals surface area contributed by atoms with Gasteiger partial charge in [-0.05, 0) is 49.1 Å². The fraction of sp³-hybridized carbons (Fsp3) is 0.300. The van der Waals surface area contributed by atoms with Crippen LogP contribution in [0, 0.1) is 0 Å². The van der Waals surface area contributed by atoms with Crippen LogP contribution in [0.15, 0.2) is 48.5 Å². The normalized spacial score (nSPS) is 14.0. The Morgan fingerprint density at radius 2 is 1.92 bits per heavy atom. The molecule has 2 aromatic carbocycles. The summed E-state index contributed by atoms with van der Waals surface area (Å²) in [7, 11) is 0. The quantitative estimate of drug-likeness (QED) is 0.727. The van der Waals surface area contributed by atoms with Gasteiger partial charge in [0.15, 0.2) is 0 Å². The van der Waals surface area contributed by atoms with Crippen LogP contribution < -0.4 is 5.32 Å². The van der Waals surface area contributed by atoms with Crippen molar-refractivity contribution in [2.24, 2.45) is 0 Å². The molecule has 0 unspecified atom stereocenters. The van der Waals surface area contributed by atoms with Crippen molar-refractivity contribution in [1.29, 1.82) is 0 Å². The van der Waals surface area contributed by atoms with Crippen molar-refractivity contribution in [3.63, 3.8) is 0 Å². The number of aromatic nitrogens is 2. The van der Waals surface area contributed by atoms with Gasteiger partial charge in [0.2, 0.25) is 5.91 Å². The molecule has 25 heavy (non-hydrogen) atoms. The molecule has 0 bridgehead atoms. The summed E-state index contributed by atoms with van der Waals surface area (Å²) in [6.07, 6.45) is 2.93. The highest BCUT2D eigenvalue weighted by molar-refractivity contribution is 5.91. The van der Waals surface area contributed by atoms with Gasteiger partial charge in [-0.3, -0.25) is 4.79 Å². The van der Waals surface area contributed by atoms with Gasteiger partial charge in [-0.25, -0.2) is 4.98 Å². The monoisotopic (exact) mass is 335 g/mol. The topological polar surface area (TPSA) is 67.2 Å². The minimum absolute atomic E-state index is 0.0556. The summed E-state index contributed by atoms with van der Waals surface area (Å²) in [5.74, 6) is 1.45. The minimum Gasteiger partial charge on any atom is -0.396 e. The van der Waals surface area contributed by atoms with E-state index in [-0.39, 0.29) is 19.1 Å². The number of fused-ring (bicyclic) bond motifs is 1. The van der Waals surface area contributed by atoms with Gasteiger partial charge in [0.25, 0.3) is 0 Å². The zero-order valence-electron chi connectivity index (χ0n) is 14.0. The Kier molecular flexibility index (Phi) is 4.24. The molecule has 0 spiro atoms. The molecule has 2 N–H and O–H groups in total. The van der Waals surface area contributed by atoms with E-state index in [2.05, 4.69) is 5.32 Å². The number of carbonyl (C=O) groups is 1. The van der Waals surface area contributed by atoms with Crippen LogP contribution in [0.2, 0.25) is 0 Å². The molecule has 1 heterocycles. The van der Waals surface area contributed by atoms with Crippen molar-refractivity contribution in [3.8, 4) is 0 Å². The summed E-state index contributed by atoms with van der Waals surface area (Å²) in [6, 6.07) is 15.6. The predicted octanol–water partition coefficient (Wildman–Crippen LogP) is 3.09. The van der Waals surface area contributed by atoms with Gasteiger partial charge in [0, 0.05) is 18.2 Å². The van der Waals surface area contributed by atoms with Crippen LogP contribution in [0.5, 0.6) is 0 Å². The third-order valence-corrected chi connectivity index (χ3v) is 4.57. The van der Waals surface area contributed by atoms with E-state index in [0.29, 0.717) is 12.3 Å². The molecule has 1 saturated carbocycles. The van der Waals surface area contributed by atoms with Crippen LogP contribution in [0.1, 0.15) is 30.1 Å². The van der Waals surface area contributed by atoms with Crippen molar-refractivity contribution in [3.05, 3.63) is 59.9 Å². The summed E-state index contributed by atoms with van der Waals surface area (Å²) in [5.41, 5.74) is 3.78. The molecule has 1 amide bonds. The van der Waals surface area contributed by atoms with Crippen LogP contribution in [0.3, 0.4) is 0 Å². The molecule has 1 fully saturated rings. The summed E-state index contributed by atoms with van der Waals surface area (Å²) >= 11 is 0. The number of imidazole rings is 1. The second-order valence-electron chi connectivity index (χ2n) is 6.54. The average Bonchev–Trinajstić information content (AvgIpc) is 3.40. The second kappa shape index (κ2) is 6.69. The molecule has 1 aliphatic carbocycles. The molecular formula is C20H21N3O2. The van der Waals surface area contributed by atoms with Gasteiger partial charge in [-0.2, -0.15) is 0 Å². The number of rotatable bonds is 6. The van der Waals surface area contributed by atoms with E-state index in [4.69, 9.17) is 10.1 Å². The van der Waals surface area contributed by atoms with Crippen molar-refractivity contribution in [2.45, 2.75) is 31.7 Å². The predicted molar refractivity (Wildman–Crippen MR) is 97.6 cm³/mol. The maximum Gasteiger partial charge on any atom is 0.244 e. The van der Waals surface area contributed by atoms with Gasteiger partial charge in [0.05, 0.1) is 11.0 Å². The third-order valence-electron chi connectivity index (χ3n) is 4.57. The highest BCUT2D eigenvalue weighted by Gasteiger charge is 2.30. The Morgan fingerprint density at radius 1 is 1.16 bits per heavy atom. The Labute approximate surface area is 146 Å². The molecule has 5 heteroatoms. The van der Waals surface area contributed by atoms with Crippen LogP contribution >= 0.6 is 0 Å². The molecule has 0 saturated heterocycles. The fourth-order valence-electron chi connectivity index (χ4n) is 3.14. The van der Waals surface area contributed by atoms with Crippen LogP contribution in [-0.2, 0) is 17.8 Å². The number of aliphatic hydroxyl groups is 1. The largest absolute Gasteiger partial charge is 0.396 e. The second-order valence-corrected chi connectivity index (χ2v) is 6.54. The lowest BCUT2D eigenvalue weighted by Crippen LogP contribution is -2.20. The summed E-state index contributed by atoms with van der Waals surface area (Å²) < 4.78 is 2.04. The lowest BCUT2D eigenvalue weighted by Gasteiger charge is -2.10. The van der Waals surface area contributed by atoms with E-state index in [9.17, 15) is 4.79 Å². The van der Waals surface area contributed by atoms with Crippen LogP contribution in [0.4, 0.5) is 5.69 Å². The Morgan fingerprint density at radius 3 is 2.64 bits per heavy atom. The SMILES string of the molecule is O=C(Cn1c(C2CC2)nc2ccccc21)Nc1ccc(CCO)cc1. The molecule has 0 aliphatic heterocycles. The Bertz CT molecular complexity index is 895. The first kappa shape index (κ1) is 15.8. The van der Waals surface area contributed by atoms with Crippen LogP contribution in [-0.4, -0.2) is 27.2 Å². The standard InChI is InChI=1S/C20H21N3O2/c24-12-11-14-5-9-16(10-6-14)21-19(25)13-23-18-4-2-1-3-17(18)22-20(23)15-7-8-15/h1-6,9-10,15,24H,7-8,11-13H2,(H,21,25). The third kappa shape index (κ3) is 3.42. The summed E-state index contributed by atoms with van der Waals surface area (Å²) in [5, 5.41) is 11.9. The first-order valence-corrected chi connectivity index (χ1v) is 8.69. The Balaban J connectivity index is 1.52. The van der Waals surface area contributed by atoms with Crippen molar-refractivity contribution in [2.75, 3.05) is 11.9 Å². The highest BCUT2D eigenvalue weighted by Crippen LogP contribution is 2.40. The molecule has 5 nitrogen and oxygen atoms in total. The smallest absolute Gasteiger partial charge is 0.244 e. The van der Waals surface area contributed by atoms with E-state index < -0.39 is 0 Å². The summed E-state index contributed by atoms with van der Waals surface area (Å²) in [4.78, 5) is 17.3. The van der Waals surface area contributed by atoms with Gasteiger partial charge < -0.3 is 15.0 Å². The maximum atomic E-state index is 12.5. The number of nitrogens with zero attached hydrogens (tertiary/aromatic N) is 2. The molecule has 0 radical (unpaired) electrons.